The monoisotopic (exact) mass is 290 g/mol. The Labute approximate surface area is 110 Å². The molecule has 8 heteroatoms. The molecule has 1 N–H and O–H groups in total. The van der Waals surface area contributed by atoms with Crippen molar-refractivity contribution in [3.05, 3.63) is 11.3 Å². The zero-order chi connectivity index (χ0) is 13.3. The molecular formula is C10H14N2O4S2. The molecule has 2 aliphatic heterocycles. The van der Waals surface area contributed by atoms with Gasteiger partial charge in [0.25, 0.3) is 5.91 Å². The van der Waals surface area contributed by atoms with Gasteiger partial charge >= 0.3 is 10.2 Å². The molecule has 2 rings (SSSR count). The first-order chi connectivity index (χ1) is 8.45. The number of unbranched alkanes of at least 4 members (excludes halogenated alkanes) is 1. The van der Waals surface area contributed by atoms with Crippen molar-refractivity contribution in [2.45, 2.75) is 26.2 Å². The van der Waals surface area contributed by atoms with Crippen LogP contribution < -0.4 is 4.72 Å². The van der Waals surface area contributed by atoms with E-state index in [0.717, 1.165) is 22.5 Å². The van der Waals surface area contributed by atoms with Crippen molar-refractivity contribution in [3.63, 3.8) is 0 Å². The first-order valence-corrected chi connectivity index (χ1v) is 8.10. The molecule has 0 saturated heterocycles. The number of hydrogen-bond acceptors (Lipinski definition) is 5. The van der Waals surface area contributed by atoms with Crippen LogP contribution in [0.5, 0.6) is 0 Å². The SMILES string of the molecule is CCCCN1C(=O)C2=C(CSC(=O)C2)NS1(=O)=O. The van der Waals surface area contributed by atoms with E-state index in [-0.39, 0.29) is 23.8 Å². The molecule has 2 heterocycles. The van der Waals surface area contributed by atoms with Gasteiger partial charge in [0.15, 0.2) is 5.12 Å². The lowest BCUT2D eigenvalue weighted by molar-refractivity contribution is -0.124. The van der Waals surface area contributed by atoms with Crippen LogP contribution in [-0.4, -0.2) is 36.0 Å². The van der Waals surface area contributed by atoms with Gasteiger partial charge in [0.1, 0.15) is 0 Å². The average Bonchev–Trinajstić information content (AvgIpc) is 2.30. The summed E-state index contributed by atoms with van der Waals surface area (Å²) in [6, 6.07) is 0. The van der Waals surface area contributed by atoms with E-state index in [9.17, 15) is 18.0 Å². The number of hydrogen-bond donors (Lipinski definition) is 1. The maximum absolute atomic E-state index is 12.1. The normalized spacial score (nSPS) is 22.8. The molecule has 18 heavy (non-hydrogen) atoms. The van der Waals surface area contributed by atoms with Crippen LogP contribution in [0, 0.1) is 0 Å². The summed E-state index contributed by atoms with van der Waals surface area (Å²) in [4.78, 5) is 23.4. The van der Waals surface area contributed by atoms with Gasteiger partial charge in [0.2, 0.25) is 0 Å². The topological polar surface area (TPSA) is 83.6 Å². The van der Waals surface area contributed by atoms with E-state index in [2.05, 4.69) is 4.72 Å². The van der Waals surface area contributed by atoms with E-state index in [4.69, 9.17) is 0 Å². The highest BCUT2D eigenvalue weighted by molar-refractivity contribution is 8.13. The van der Waals surface area contributed by atoms with Crippen molar-refractivity contribution in [2.75, 3.05) is 12.3 Å². The molecule has 0 aromatic rings. The summed E-state index contributed by atoms with van der Waals surface area (Å²) in [5.41, 5.74) is 0.655. The Morgan fingerprint density at radius 3 is 2.78 bits per heavy atom. The minimum absolute atomic E-state index is 0.00395. The molecule has 0 aromatic carbocycles. The van der Waals surface area contributed by atoms with Crippen LogP contribution in [0.4, 0.5) is 0 Å². The van der Waals surface area contributed by atoms with Crippen LogP contribution in [0.3, 0.4) is 0 Å². The van der Waals surface area contributed by atoms with Gasteiger partial charge in [-0.2, -0.15) is 8.42 Å². The Kier molecular flexibility index (Phi) is 3.67. The number of carbonyl (C=O) groups is 2. The van der Waals surface area contributed by atoms with Gasteiger partial charge in [-0.15, -0.1) is 0 Å². The zero-order valence-corrected chi connectivity index (χ0v) is 11.6. The highest BCUT2D eigenvalue weighted by Gasteiger charge is 2.39. The van der Waals surface area contributed by atoms with Crippen LogP contribution in [0.2, 0.25) is 0 Å². The van der Waals surface area contributed by atoms with E-state index >= 15 is 0 Å². The van der Waals surface area contributed by atoms with E-state index in [0.29, 0.717) is 17.7 Å². The molecule has 0 aromatic heterocycles. The highest BCUT2D eigenvalue weighted by Crippen LogP contribution is 2.29. The Bertz CT molecular complexity index is 524. The van der Waals surface area contributed by atoms with Crippen molar-refractivity contribution in [3.8, 4) is 0 Å². The lowest BCUT2D eigenvalue weighted by atomic mass is 10.1. The maximum Gasteiger partial charge on any atom is 0.326 e. The van der Waals surface area contributed by atoms with Crippen LogP contribution in [0.1, 0.15) is 26.2 Å². The summed E-state index contributed by atoms with van der Waals surface area (Å²) in [5, 5.41) is -0.0985. The largest absolute Gasteiger partial charge is 0.326 e. The van der Waals surface area contributed by atoms with Crippen molar-refractivity contribution in [2.24, 2.45) is 0 Å². The quantitative estimate of drug-likeness (QED) is 0.812. The summed E-state index contributed by atoms with van der Waals surface area (Å²) in [6.45, 7) is 2.07. The van der Waals surface area contributed by atoms with Gasteiger partial charge in [0.05, 0.1) is 0 Å². The van der Waals surface area contributed by atoms with Crippen molar-refractivity contribution < 1.29 is 18.0 Å². The fourth-order valence-corrected chi connectivity index (χ4v) is 4.04. The molecular weight excluding hydrogens is 276 g/mol. The molecule has 100 valence electrons. The lowest BCUT2D eigenvalue weighted by Gasteiger charge is -2.32. The molecule has 2 aliphatic rings. The predicted octanol–water partition coefficient (Wildman–Crippen LogP) is 0.381. The second-order valence-corrected chi connectivity index (χ2v) is 6.76. The Morgan fingerprint density at radius 1 is 1.39 bits per heavy atom. The van der Waals surface area contributed by atoms with Gasteiger partial charge in [-0.05, 0) is 6.42 Å². The fourth-order valence-electron chi connectivity index (χ4n) is 1.83. The standard InChI is InChI=1S/C10H14N2O4S2/c1-2-3-4-12-10(14)7-5-9(13)17-6-8(7)11-18(12,15)16/h11H,2-6H2,1H3. The summed E-state index contributed by atoms with van der Waals surface area (Å²) < 4.78 is 27.0. The van der Waals surface area contributed by atoms with E-state index in [1.165, 1.54) is 0 Å². The smallest absolute Gasteiger partial charge is 0.287 e. The number of nitrogens with zero attached hydrogens (tertiary/aromatic N) is 1. The molecule has 6 nitrogen and oxygen atoms in total. The van der Waals surface area contributed by atoms with Crippen LogP contribution in [0.25, 0.3) is 0 Å². The minimum atomic E-state index is -3.78. The lowest BCUT2D eigenvalue weighted by Crippen LogP contribution is -2.51. The molecule has 0 aliphatic carbocycles. The third-order valence-corrected chi connectivity index (χ3v) is 5.14. The summed E-state index contributed by atoms with van der Waals surface area (Å²) in [7, 11) is -3.78. The number of rotatable bonds is 3. The van der Waals surface area contributed by atoms with Gasteiger partial charge in [0, 0.05) is 30.0 Å². The van der Waals surface area contributed by atoms with Crippen LogP contribution in [0.15, 0.2) is 11.3 Å². The number of carbonyl (C=O) groups excluding carboxylic acids is 2. The van der Waals surface area contributed by atoms with Crippen LogP contribution >= 0.6 is 11.8 Å². The highest BCUT2D eigenvalue weighted by atomic mass is 32.2. The number of amides is 1. The van der Waals surface area contributed by atoms with Gasteiger partial charge in [-0.3, -0.25) is 14.3 Å². The minimum Gasteiger partial charge on any atom is -0.287 e. The molecule has 0 spiro atoms. The number of nitrogens with one attached hydrogen (secondary N) is 1. The summed E-state index contributed by atoms with van der Waals surface area (Å²) in [6.07, 6.45) is 1.40. The van der Waals surface area contributed by atoms with E-state index < -0.39 is 16.1 Å². The first-order valence-electron chi connectivity index (χ1n) is 5.68. The predicted molar refractivity (Wildman–Crippen MR) is 67.8 cm³/mol. The average molecular weight is 290 g/mol. The fraction of sp³-hybridized carbons (Fsp3) is 0.600. The number of thioether (sulfide) groups is 1. The molecule has 0 fully saturated rings. The third-order valence-electron chi connectivity index (χ3n) is 2.80. The second kappa shape index (κ2) is 4.93. The van der Waals surface area contributed by atoms with Gasteiger partial charge in [-0.1, -0.05) is 25.1 Å². The van der Waals surface area contributed by atoms with Crippen molar-refractivity contribution in [1.29, 1.82) is 0 Å². The van der Waals surface area contributed by atoms with Crippen molar-refractivity contribution >= 4 is 33.0 Å². The van der Waals surface area contributed by atoms with Crippen molar-refractivity contribution in [1.82, 2.24) is 9.03 Å². The second-order valence-electron chi connectivity index (χ2n) is 4.13. The Balaban J connectivity index is 2.33. The summed E-state index contributed by atoms with van der Waals surface area (Å²) in [5.74, 6) is -0.327. The Hall–Kier alpha value is -1.02. The van der Waals surface area contributed by atoms with E-state index in [1.807, 2.05) is 6.92 Å². The molecule has 0 atom stereocenters. The molecule has 0 saturated carbocycles. The first kappa shape index (κ1) is 13.4. The maximum atomic E-state index is 12.1. The Morgan fingerprint density at radius 2 is 2.11 bits per heavy atom. The van der Waals surface area contributed by atoms with Gasteiger partial charge < -0.3 is 0 Å². The molecule has 0 bridgehead atoms. The molecule has 1 amide bonds. The van der Waals surface area contributed by atoms with Gasteiger partial charge in [-0.25, -0.2) is 4.31 Å². The molecule has 0 radical (unpaired) electrons. The molecule has 0 unspecified atom stereocenters. The van der Waals surface area contributed by atoms with E-state index in [1.54, 1.807) is 0 Å². The van der Waals surface area contributed by atoms with Crippen LogP contribution in [-0.2, 0) is 19.8 Å². The zero-order valence-electron chi connectivity index (χ0n) is 9.93. The third kappa shape index (κ3) is 2.39. The summed E-state index contributed by atoms with van der Waals surface area (Å²) >= 11 is 1.03.